The first kappa shape index (κ1) is 19.5. The molecular weight excluding hydrogens is 326 g/mol. The molecule has 0 radical (unpaired) electrons. The first-order valence-corrected chi connectivity index (χ1v) is 8.56. The highest BCUT2D eigenvalue weighted by Gasteiger charge is 2.11. The van der Waals surface area contributed by atoms with E-state index in [1.54, 1.807) is 11.6 Å². The minimum atomic E-state index is -0.578. The van der Waals surface area contributed by atoms with Gasteiger partial charge in [-0.05, 0) is 44.4 Å². The maximum Gasteiger partial charge on any atom is 0.267 e. The van der Waals surface area contributed by atoms with Crippen molar-refractivity contribution in [3.63, 3.8) is 0 Å². The number of benzene rings is 2. The minimum Gasteiger partial charge on any atom is -0.488 e. The van der Waals surface area contributed by atoms with Gasteiger partial charge < -0.3 is 4.74 Å². The molecule has 0 saturated carbocycles. The molecule has 2 rings (SSSR count). The van der Waals surface area contributed by atoms with E-state index in [0.717, 1.165) is 34.4 Å². The van der Waals surface area contributed by atoms with Crippen LogP contribution in [0.25, 0.3) is 6.08 Å². The first-order valence-electron chi connectivity index (χ1n) is 8.56. The van der Waals surface area contributed by atoms with Crippen LogP contribution in [0.5, 0.6) is 5.75 Å². The molecule has 0 aliphatic heterocycles. The van der Waals surface area contributed by atoms with Gasteiger partial charge in [-0.3, -0.25) is 10.0 Å². The molecule has 0 bridgehead atoms. The number of hydroxylamine groups is 1. The number of hydrogen-bond donors (Lipinski definition) is 2. The van der Waals surface area contributed by atoms with Crippen molar-refractivity contribution < 1.29 is 14.7 Å². The number of rotatable bonds is 7. The maximum absolute atomic E-state index is 11.3. The predicted octanol–water partition coefficient (Wildman–Crippen LogP) is 4.60. The smallest absolute Gasteiger partial charge is 0.267 e. The van der Waals surface area contributed by atoms with E-state index in [4.69, 9.17) is 9.94 Å². The molecular formula is C22H25NO3. The molecule has 2 aromatic rings. The van der Waals surface area contributed by atoms with Crippen molar-refractivity contribution in [2.45, 2.75) is 33.8 Å². The Balaban J connectivity index is 2.39. The largest absolute Gasteiger partial charge is 0.488 e. The number of carbonyl (C=O) groups is 1. The average Bonchev–Trinajstić information content (AvgIpc) is 2.64. The van der Waals surface area contributed by atoms with Crippen LogP contribution in [0.1, 0.15) is 36.1 Å². The van der Waals surface area contributed by atoms with Gasteiger partial charge in [-0.25, -0.2) is 5.48 Å². The van der Waals surface area contributed by atoms with E-state index in [-0.39, 0.29) is 0 Å². The summed E-state index contributed by atoms with van der Waals surface area (Å²) in [5, 5.41) is 8.69. The Morgan fingerprint density at radius 3 is 2.54 bits per heavy atom. The lowest BCUT2D eigenvalue weighted by atomic mass is 9.99. The zero-order valence-electron chi connectivity index (χ0n) is 15.5. The molecule has 0 atom stereocenters. The second-order valence-corrected chi connectivity index (χ2v) is 6.35. The molecule has 0 saturated heterocycles. The molecule has 0 fully saturated rings. The van der Waals surface area contributed by atoms with Gasteiger partial charge in [0.1, 0.15) is 12.4 Å². The van der Waals surface area contributed by atoms with Crippen molar-refractivity contribution in [2.75, 3.05) is 0 Å². The molecule has 136 valence electrons. The third-order valence-corrected chi connectivity index (χ3v) is 3.99. The predicted molar refractivity (Wildman–Crippen MR) is 104 cm³/mol. The molecule has 1 amide bonds. The van der Waals surface area contributed by atoms with Gasteiger partial charge in [0.25, 0.3) is 5.91 Å². The van der Waals surface area contributed by atoms with Crippen molar-refractivity contribution in [3.8, 4) is 5.75 Å². The number of nitrogens with one attached hydrogen (secondary N) is 1. The quantitative estimate of drug-likeness (QED) is 0.332. The van der Waals surface area contributed by atoms with E-state index in [2.05, 4.69) is 26.8 Å². The summed E-state index contributed by atoms with van der Waals surface area (Å²) >= 11 is 0. The molecule has 2 N–H and O–H groups in total. The third-order valence-electron chi connectivity index (χ3n) is 3.99. The van der Waals surface area contributed by atoms with Gasteiger partial charge >= 0.3 is 0 Å². The fourth-order valence-corrected chi connectivity index (χ4v) is 2.54. The highest BCUT2D eigenvalue weighted by atomic mass is 16.5. The molecule has 4 heteroatoms. The molecule has 0 heterocycles. The molecule has 0 aliphatic rings. The zero-order valence-corrected chi connectivity index (χ0v) is 15.5. The van der Waals surface area contributed by atoms with Crippen molar-refractivity contribution in [1.29, 1.82) is 0 Å². The van der Waals surface area contributed by atoms with Gasteiger partial charge in [0.15, 0.2) is 0 Å². The number of hydrogen-bond acceptors (Lipinski definition) is 3. The molecule has 4 nitrogen and oxygen atoms in total. The summed E-state index contributed by atoms with van der Waals surface area (Å²) in [5.74, 6) is 0.179. The van der Waals surface area contributed by atoms with Crippen LogP contribution < -0.4 is 10.2 Å². The van der Waals surface area contributed by atoms with E-state index in [9.17, 15) is 4.79 Å². The number of ether oxygens (including phenoxy) is 1. The molecule has 0 aromatic heterocycles. The Kier molecular flexibility index (Phi) is 7.18. The normalized spacial score (nSPS) is 10.6. The van der Waals surface area contributed by atoms with Crippen molar-refractivity contribution in [3.05, 3.63) is 82.4 Å². The Hall–Kier alpha value is -2.85. The highest BCUT2D eigenvalue weighted by Crippen LogP contribution is 2.30. The van der Waals surface area contributed by atoms with Gasteiger partial charge in [-0.2, -0.15) is 0 Å². The van der Waals surface area contributed by atoms with E-state index in [1.807, 2.05) is 42.5 Å². The van der Waals surface area contributed by atoms with E-state index in [0.29, 0.717) is 6.61 Å². The van der Waals surface area contributed by atoms with E-state index in [1.165, 1.54) is 11.6 Å². The maximum atomic E-state index is 11.3. The van der Waals surface area contributed by atoms with Gasteiger partial charge in [-0.1, -0.05) is 54.1 Å². The molecule has 26 heavy (non-hydrogen) atoms. The number of amides is 1. The zero-order chi connectivity index (χ0) is 18.9. The van der Waals surface area contributed by atoms with Crippen molar-refractivity contribution >= 4 is 12.0 Å². The first-order chi connectivity index (χ1) is 12.5. The highest BCUT2D eigenvalue weighted by molar-refractivity contribution is 5.91. The van der Waals surface area contributed by atoms with Crippen LogP contribution in [0.3, 0.4) is 0 Å². The van der Waals surface area contributed by atoms with Gasteiger partial charge in [-0.15, -0.1) is 0 Å². The number of carbonyl (C=O) groups excluding carboxylic acids is 1. The van der Waals surface area contributed by atoms with Crippen LogP contribution in [0.2, 0.25) is 0 Å². The summed E-state index contributed by atoms with van der Waals surface area (Å²) in [7, 11) is 0. The Bertz CT molecular complexity index is 804. The Morgan fingerprint density at radius 1 is 1.15 bits per heavy atom. The van der Waals surface area contributed by atoms with E-state index < -0.39 is 5.91 Å². The van der Waals surface area contributed by atoms with Crippen LogP contribution in [-0.2, 0) is 17.8 Å². The molecule has 2 aromatic carbocycles. The lowest BCUT2D eigenvalue weighted by molar-refractivity contribution is -0.124. The fourth-order valence-electron chi connectivity index (χ4n) is 2.54. The van der Waals surface area contributed by atoms with Gasteiger partial charge in [0.05, 0.1) is 0 Å². The minimum absolute atomic E-state index is 0.444. The molecule has 0 unspecified atom stereocenters. The summed E-state index contributed by atoms with van der Waals surface area (Å²) < 4.78 is 6.16. The summed E-state index contributed by atoms with van der Waals surface area (Å²) in [6.07, 6.45) is 5.85. The van der Waals surface area contributed by atoms with E-state index >= 15 is 0 Å². The Morgan fingerprint density at radius 2 is 1.88 bits per heavy atom. The van der Waals surface area contributed by atoms with Crippen LogP contribution >= 0.6 is 0 Å². The third kappa shape index (κ3) is 5.60. The fraction of sp³-hybridized carbons (Fsp3) is 0.227. The monoisotopic (exact) mass is 351 g/mol. The van der Waals surface area contributed by atoms with Crippen molar-refractivity contribution in [1.82, 2.24) is 5.48 Å². The van der Waals surface area contributed by atoms with Crippen LogP contribution in [0, 0.1) is 6.92 Å². The second-order valence-electron chi connectivity index (χ2n) is 6.35. The lowest BCUT2D eigenvalue weighted by Crippen LogP contribution is -2.14. The molecule has 0 aliphatic carbocycles. The summed E-state index contributed by atoms with van der Waals surface area (Å²) in [5.41, 5.74) is 6.94. The summed E-state index contributed by atoms with van der Waals surface area (Å²) in [4.78, 5) is 11.3. The number of allylic oxidation sites excluding steroid dienone is 2. The van der Waals surface area contributed by atoms with Gasteiger partial charge in [0.2, 0.25) is 0 Å². The molecule has 0 spiro atoms. The van der Waals surface area contributed by atoms with Crippen molar-refractivity contribution in [2.24, 2.45) is 0 Å². The lowest BCUT2D eigenvalue weighted by Gasteiger charge is -2.16. The standard InChI is InChI=1S/C22H25NO3/c1-16(2)9-13-20-17(3)10-11-19(12-14-21(24)23-25)22(20)26-15-18-7-5-4-6-8-18/h4-12,14,25H,13,15H2,1-3H3,(H,23,24)/b14-12+. The van der Waals surface area contributed by atoms with Crippen LogP contribution in [0.15, 0.2) is 60.2 Å². The second kappa shape index (κ2) is 9.59. The SMILES string of the molecule is CC(C)=CCc1c(C)ccc(/C=C/C(=O)NO)c1OCc1ccccc1. The Labute approximate surface area is 154 Å². The number of aryl methyl sites for hydroxylation is 1. The summed E-state index contributed by atoms with van der Waals surface area (Å²) in [6.45, 7) is 6.63. The van der Waals surface area contributed by atoms with Crippen LogP contribution in [-0.4, -0.2) is 11.1 Å². The average molecular weight is 351 g/mol. The summed E-state index contributed by atoms with van der Waals surface area (Å²) in [6, 6.07) is 13.9. The van der Waals surface area contributed by atoms with Crippen LogP contribution in [0.4, 0.5) is 0 Å². The topological polar surface area (TPSA) is 58.6 Å². The van der Waals surface area contributed by atoms with Gasteiger partial charge in [0, 0.05) is 17.2 Å².